The molecule has 0 fully saturated rings. The Hall–Kier alpha value is -3.15. The number of nitrogens with one attached hydrogen (secondary N) is 1. The number of aromatic nitrogens is 2. The molecular weight excluding hydrogens is 355 g/mol. The molecule has 28 heavy (non-hydrogen) atoms. The van der Waals surface area contributed by atoms with Crippen LogP contribution in [0.4, 0.5) is 9.18 Å². The van der Waals surface area contributed by atoms with E-state index in [1.54, 1.807) is 30.3 Å². The first-order valence-corrected chi connectivity index (χ1v) is 9.33. The molecule has 3 rings (SSSR count). The summed E-state index contributed by atoms with van der Waals surface area (Å²) in [6, 6.07) is 17.4. The summed E-state index contributed by atoms with van der Waals surface area (Å²) in [5, 5.41) is 7.19. The zero-order valence-electron chi connectivity index (χ0n) is 16.1. The van der Waals surface area contributed by atoms with Crippen LogP contribution < -0.4 is 5.32 Å². The highest BCUT2D eigenvalue weighted by atomic mass is 19.1. The molecule has 0 saturated carbocycles. The summed E-state index contributed by atoms with van der Waals surface area (Å²) < 4.78 is 15.2. The van der Waals surface area contributed by atoms with E-state index in [2.05, 4.69) is 17.3 Å². The number of hydrogen-bond acceptors (Lipinski definition) is 2. The molecule has 5 nitrogen and oxygen atoms in total. The molecule has 2 amide bonds. The zero-order valence-corrected chi connectivity index (χ0v) is 16.1. The van der Waals surface area contributed by atoms with E-state index in [0.29, 0.717) is 6.54 Å². The van der Waals surface area contributed by atoms with Gasteiger partial charge in [-0.1, -0.05) is 49.4 Å². The molecule has 0 bridgehead atoms. The molecular formula is C22H25FN4O. The lowest BCUT2D eigenvalue weighted by atomic mass is 9.97. The van der Waals surface area contributed by atoms with Gasteiger partial charge in [-0.05, 0) is 35.2 Å². The molecule has 3 aromatic rings. The second-order valence-corrected chi connectivity index (χ2v) is 7.00. The molecule has 1 aromatic heterocycles. The predicted molar refractivity (Wildman–Crippen MR) is 107 cm³/mol. The van der Waals surface area contributed by atoms with Crippen LogP contribution in [0, 0.1) is 11.7 Å². The van der Waals surface area contributed by atoms with Crippen LogP contribution in [-0.4, -0.2) is 34.3 Å². The molecule has 2 aromatic carbocycles. The molecule has 0 spiro atoms. The maximum absolute atomic E-state index is 13.4. The normalized spacial score (nSPS) is 13.0. The SMILES string of the molecule is CC(CNC(=O)N(C)C(c1ccccc1)c1ccc(F)cc1)Cn1cccn1. The highest BCUT2D eigenvalue weighted by Crippen LogP contribution is 2.27. The van der Waals surface area contributed by atoms with Crippen molar-refractivity contribution in [3.05, 3.63) is 90.0 Å². The van der Waals surface area contributed by atoms with Crippen molar-refractivity contribution in [3.63, 3.8) is 0 Å². The minimum atomic E-state index is -0.303. The van der Waals surface area contributed by atoms with Gasteiger partial charge in [0.15, 0.2) is 0 Å². The average Bonchev–Trinajstić information content (AvgIpc) is 3.21. The monoisotopic (exact) mass is 380 g/mol. The largest absolute Gasteiger partial charge is 0.338 e. The zero-order chi connectivity index (χ0) is 19.9. The lowest BCUT2D eigenvalue weighted by molar-refractivity contribution is 0.196. The number of hydrogen-bond donors (Lipinski definition) is 1. The first-order valence-electron chi connectivity index (χ1n) is 9.33. The summed E-state index contributed by atoms with van der Waals surface area (Å²) >= 11 is 0. The van der Waals surface area contributed by atoms with Crippen LogP contribution >= 0.6 is 0 Å². The molecule has 2 unspecified atom stereocenters. The van der Waals surface area contributed by atoms with Crippen LogP contribution in [-0.2, 0) is 6.54 Å². The smallest absolute Gasteiger partial charge is 0.317 e. The first-order chi connectivity index (χ1) is 13.5. The summed E-state index contributed by atoms with van der Waals surface area (Å²) in [6.45, 7) is 3.33. The fourth-order valence-corrected chi connectivity index (χ4v) is 3.22. The number of urea groups is 1. The van der Waals surface area contributed by atoms with Crippen LogP contribution in [0.2, 0.25) is 0 Å². The van der Waals surface area contributed by atoms with Gasteiger partial charge in [0.2, 0.25) is 0 Å². The van der Waals surface area contributed by atoms with Gasteiger partial charge in [-0.3, -0.25) is 4.68 Å². The van der Waals surface area contributed by atoms with Gasteiger partial charge in [0.05, 0.1) is 6.04 Å². The van der Waals surface area contributed by atoms with Crippen LogP contribution in [0.5, 0.6) is 0 Å². The van der Waals surface area contributed by atoms with Crippen LogP contribution in [0.15, 0.2) is 73.1 Å². The lowest BCUT2D eigenvalue weighted by Crippen LogP contribution is -2.42. The lowest BCUT2D eigenvalue weighted by Gasteiger charge is -2.30. The van der Waals surface area contributed by atoms with Crippen LogP contribution in [0.25, 0.3) is 0 Å². The molecule has 0 aliphatic rings. The number of rotatable bonds is 7. The maximum atomic E-state index is 13.4. The van der Waals surface area contributed by atoms with E-state index < -0.39 is 0 Å². The maximum Gasteiger partial charge on any atom is 0.317 e. The second-order valence-electron chi connectivity index (χ2n) is 7.00. The standard InChI is InChI=1S/C22H25FN4O/c1-17(16-27-14-6-13-25-27)15-24-22(28)26(2)21(18-7-4-3-5-8-18)19-9-11-20(23)12-10-19/h3-14,17,21H,15-16H2,1-2H3,(H,24,28). The van der Waals surface area contributed by atoms with E-state index in [1.807, 2.05) is 47.3 Å². The van der Waals surface area contributed by atoms with Gasteiger partial charge in [0.25, 0.3) is 0 Å². The van der Waals surface area contributed by atoms with Gasteiger partial charge in [-0.2, -0.15) is 5.10 Å². The van der Waals surface area contributed by atoms with E-state index in [-0.39, 0.29) is 23.8 Å². The van der Waals surface area contributed by atoms with E-state index in [9.17, 15) is 9.18 Å². The molecule has 0 radical (unpaired) electrons. The number of amides is 2. The molecule has 6 heteroatoms. The fraction of sp³-hybridized carbons (Fsp3) is 0.273. The van der Waals surface area contributed by atoms with Crippen molar-refractivity contribution in [2.24, 2.45) is 5.92 Å². The van der Waals surface area contributed by atoms with Crippen molar-refractivity contribution in [3.8, 4) is 0 Å². The molecule has 146 valence electrons. The third-order valence-electron chi connectivity index (χ3n) is 4.67. The second kappa shape index (κ2) is 9.17. The summed E-state index contributed by atoms with van der Waals surface area (Å²) in [7, 11) is 1.76. The Bertz CT molecular complexity index is 865. The summed E-state index contributed by atoms with van der Waals surface area (Å²) in [6.07, 6.45) is 3.65. The number of nitrogens with zero attached hydrogens (tertiary/aromatic N) is 3. The van der Waals surface area contributed by atoms with Crippen molar-refractivity contribution >= 4 is 6.03 Å². The van der Waals surface area contributed by atoms with Gasteiger partial charge < -0.3 is 10.2 Å². The van der Waals surface area contributed by atoms with Gasteiger partial charge in [0, 0.05) is 32.5 Å². The van der Waals surface area contributed by atoms with Gasteiger partial charge in [-0.25, -0.2) is 9.18 Å². The minimum Gasteiger partial charge on any atom is -0.338 e. The minimum absolute atomic E-state index is 0.175. The Morgan fingerprint density at radius 1 is 1.11 bits per heavy atom. The van der Waals surface area contributed by atoms with Crippen molar-refractivity contribution in [1.82, 2.24) is 20.0 Å². The Kier molecular flexibility index (Phi) is 6.42. The third-order valence-corrected chi connectivity index (χ3v) is 4.67. The van der Waals surface area contributed by atoms with E-state index in [0.717, 1.165) is 17.7 Å². The highest BCUT2D eigenvalue weighted by molar-refractivity contribution is 5.75. The third kappa shape index (κ3) is 4.97. The molecule has 0 aliphatic heterocycles. The molecule has 0 saturated heterocycles. The van der Waals surface area contributed by atoms with Crippen LogP contribution in [0.3, 0.4) is 0 Å². The Labute approximate surface area is 164 Å². The molecule has 0 aliphatic carbocycles. The molecule has 2 atom stereocenters. The number of carbonyl (C=O) groups excluding carboxylic acids is 1. The number of benzene rings is 2. The van der Waals surface area contributed by atoms with Gasteiger partial charge in [0.1, 0.15) is 5.82 Å². The predicted octanol–water partition coefficient (Wildman–Crippen LogP) is 4.09. The van der Waals surface area contributed by atoms with Crippen molar-refractivity contribution < 1.29 is 9.18 Å². The fourth-order valence-electron chi connectivity index (χ4n) is 3.22. The summed E-state index contributed by atoms with van der Waals surface area (Å²) in [5.41, 5.74) is 1.83. The van der Waals surface area contributed by atoms with Gasteiger partial charge >= 0.3 is 6.03 Å². The Balaban J connectivity index is 1.70. The van der Waals surface area contributed by atoms with Crippen molar-refractivity contribution in [1.29, 1.82) is 0 Å². The van der Waals surface area contributed by atoms with E-state index in [1.165, 1.54) is 12.1 Å². The summed E-state index contributed by atoms with van der Waals surface area (Å²) in [5.74, 6) is -0.0617. The Morgan fingerprint density at radius 3 is 2.43 bits per heavy atom. The number of halogens is 1. The average molecular weight is 380 g/mol. The first kappa shape index (κ1) is 19.6. The number of carbonyl (C=O) groups is 1. The van der Waals surface area contributed by atoms with Crippen molar-refractivity contribution in [2.75, 3.05) is 13.6 Å². The van der Waals surface area contributed by atoms with Crippen LogP contribution in [0.1, 0.15) is 24.1 Å². The topological polar surface area (TPSA) is 50.2 Å². The highest BCUT2D eigenvalue weighted by Gasteiger charge is 2.23. The molecule has 1 N–H and O–H groups in total. The van der Waals surface area contributed by atoms with E-state index >= 15 is 0 Å². The van der Waals surface area contributed by atoms with Gasteiger partial charge in [-0.15, -0.1) is 0 Å². The molecule has 1 heterocycles. The Morgan fingerprint density at radius 2 is 1.79 bits per heavy atom. The quantitative estimate of drug-likeness (QED) is 0.671. The van der Waals surface area contributed by atoms with Crippen molar-refractivity contribution in [2.45, 2.75) is 19.5 Å². The summed E-state index contributed by atoms with van der Waals surface area (Å²) in [4.78, 5) is 14.5. The van der Waals surface area contributed by atoms with E-state index in [4.69, 9.17) is 0 Å².